The molecule has 234 valence electrons. The van der Waals surface area contributed by atoms with Crippen molar-refractivity contribution < 1.29 is 63.7 Å². The van der Waals surface area contributed by atoms with Gasteiger partial charge in [0, 0.05) is 42.9 Å². The minimum atomic E-state index is -2.34. The Labute approximate surface area is 250 Å². The first-order chi connectivity index (χ1) is 20.7. The smallest absolute Gasteiger partial charge is 0.287 e. The Balaban J connectivity index is 1.62. The summed E-state index contributed by atoms with van der Waals surface area (Å²) in [5.41, 5.74) is -4.11. The highest BCUT2D eigenvalue weighted by Crippen LogP contribution is 2.52. The highest BCUT2D eigenvalue weighted by molar-refractivity contribution is 6.35. The normalized spacial score (nSPS) is 27.5. The number of rotatable bonds is 7. The molecule has 1 fully saturated rings. The third-order valence-electron chi connectivity index (χ3n) is 8.40. The molecule has 0 unspecified atom stereocenters. The average molecular weight is 614 g/mol. The van der Waals surface area contributed by atoms with Crippen LogP contribution in [0.15, 0.2) is 18.2 Å². The second-order valence-electron chi connectivity index (χ2n) is 11.1. The quantitative estimate of drug-likeness (QED) is 0.149. The van der Waals surface area contributed by atoms with Gasteiger partial charge in [0.15, 0.2) is 17.9 Å². The van der Waals surface area contributed by atoms with E-state index in [4.69, 9.17) is 14.2 Å². The van der Waals surface area contributed by atoms with E-state index in [9.17, 15) is 49.5 Å². The van der Waals surface area contributed by atoms with Crippen molar-refractivity contribution in [2.24, 2.45) is 0 Å². The molecule has 0 bridgehead atoms. The molecule has 44 heavy (non-hydrogen) atoms. The fourth-order valence-electron chi connectivity index (χ4n) is 6.13. The summed E-state index contributed by atoms with van der Waals surface area (Å²) in [6.45, 7) is 1.44. The molecule has 6 atom stereocenters. The summed E-state index contributed by atoms with van der Waals surface area (Å²) in [6.07, 6.45) is -6.37. The molecule has 1 aliphatic heterocycles. The Bertz CT molecular complexity index is 1600. The van der Waals surface area contributed by atoms with E-state index in [0.717, 1.165) is 6.92 Å². The lowest BCUT2D eigenvalue weighted by molar-refractivity contribution is -0.249. The maximum absolute atomic E-state index is 13.7. The molecule has 0 spiro atoms. The topological polar surface area (TPSA) is 226 Å². The molecular formula is C30H31NO13. The SMILES string of the molecule is COc1cccc2c1C(=O)c1c(O)c3c(c(O)c1C2=O)C[C@@](O)(C(=O)CO)C[C@@H]3O[C@H]1C[C@H](NC(=O)C(C)=O)[C@H](O)[C@H](C)O1. The summed E-state index contributed by atoms with van der Waals surface area (Å²) in [4.78, 5) is 63.6. The molecule has 2 aromatic carbocycles. The van der Waals surface area contributed by atoms with Crippen molar-refractivity contribution in [1.82, 2.24) is 5.32 Å². The number of amides is 1. The van der Waals surface area contributed by atoms with Crippen LogP contribution in [0.4, 0.5) is 0 Å². The van der Waals surface area contributed by atoms with E-state index in [0.29, 0.717) is 0 Å². The number of aliphatic hydroxyl groups is 3. The van der Waals surface area contributed by atoms with Crippen molar-refractivity contribution >= 4 is 29.0 Å². The van der Waals surface area contributed by atoms with Crippen LogP contribution in [-0.2, 0) is 30.3 Å². The van der Waals surface area contributed by atoms with Gasteiger partial charge in [0.25, 0.3) is 5.91 Å². The third kappa shape index (κ3) is 4.94. The van der Waals surface area contributed by atoms with Crippen molar-refractivity contribution in [2.75, 3.05) is 13.7 Å². The van der Waals surface area contributed by atoms with E-state index in [2.05, 4.69) is 5.32 Å². The van der Waals surface area contributed by atoms with E-state index in [1.807, 2.05) is 0 Å². The van der Waals surface area contributed by atoms with Crippen molar-refractivity contribution in [3.05, 3.63) is 51.6 Å². The number of phenols is 2. The summed E-state index contributed by atoms with van der Waals surface area (Å²) >= 11 is 0. The molecule has 3 aliphatic rings. The molecule has 14 heteroatoms. The zero-order valence-corrected chi connectivity index (χ0v) is 23.9. The minimum absolute atomic E-state index is 0.0561. The Hall–Kier alpha value is -4.21. The van der Waals surface area contributed by atoms with Crippen LogP contribution < -0.4 is 10.1 Å². The molecule has 0 aromatic heterocycles. The van der Waals surface area contributed by atoms with Gasteiger partial charge in [-0.15, -0.1) is 0 Å². The predicted molar refractivity (Wildman–Crippen MR) is 146 cm³/mol. The Morgan fingerprint density at radius 1 is 1.09 bits per heavy atom. The number of hydrogen-bond acceptors (Lipinski definition) is 13. The van der Waals surface area contributed by atoms with E-state index in [-0.39, 0.29) is 34.4 Å². The van der Waals surface area contributed by atoms with E-state index >= 15 is 0 Å². The van der Waals surface area contributed by atoms with Crippen LogP contribution in [-0.4, -0.2) is 98.4 Å². The lowest BCUT2D eigenvalue weighted by Crippen LogP contribution is -2.56. The van der Waals surface area contributed by atoms with Crippen LogP contribution in [0.3, 0.4) is 0 Å². The maximum atomic E-state index is 13.7. The van der Waals surface area contributed by atoms with E-state index < -0.39 is 107 Å². The Morgan fingerprint density at radius 2 is 1.77 bits per heavy atom. The number of ketones is 4. The van der Waals surface area contributed by atoms with Crippen molar-refractivity contribution in [3.8, 4) is 17.2 Å². The minimum Gasteiger partial charge on any atom is -0.507 e. The summed E-state index contributed by atoms with van der Waals surface area (Å²) in [5, 5.41) is 56.9. The highest BCUT2D eigenvalue weighted by Gasteiger charge is 2.50. The first-order valence-corrected chi connectivity index (χ1v) is 13.8. The van der Waals surface area contributed by atoms with Crippen LogP contribution >= 0.6 is 0 Å². The van der Waals surface area contributed by atoms with Crippen molar-refractivity contribution in [3.63, 3.8) is 0 Å². The zero-order chi connectivity index (χ0) is 32.2. The molecule has 5 rings (SSSR count). The van der Waals surface area contributed by atoms with Crippen molar-refractivity contribution in [1.29, 1.82) is 0 Å². The number of ether oxygens (including phenoxy) is 3. The van der Waals surface area contributed by atoms with Gasteiger partial charge < -0.3 is 45.1 Å². The van der Waals surface area contributed by atoms with Gasteiger partial charge in [0.1, 0.15) is 35.6 Å². The average Bonchev–Trinajstić information content (AvgIpc) is 2.98. The monoisotopic (exact) mass is 613 g/mol. The van der Waals surface area contributed by atoms with Gasteiger partial charge in [-0.25, -0.2) is 0 Å². The Morgan fingerprint density at radius 3 is 2.41 bits per heavy atom. The molecule has 1 amide bonds. The number of methoxy groups -OCH3 is 1. The molecule has 1 saturated heterocycles. The largest absolute Gasteiger partial charge is 0.507 e. The highest BCUT2D eigenvalue weighted by atomic mass is 16.7. The van der Waals surface area contributed by atoms with E-state index in [1.165, 1.54) is 32.2 Å². The summed E-state index contributed by atoms with van der Waals surface area (Å²) < 4.78 is 17.1. The molecule has 0 saturated carbocycles. The summed E-state index contributed by atoms with van der Waals surface area (Å²) in [5.74, 6) is -5.89. The van der Waals surface area contributed by atoms with E-state index in [1.54, 1.807) is 0 Å². The molecular weight excluding hydrogens is 582 g/mol. The number of Topliss-reactive ketones (excluding diaryl/α,β-unsaturated/α-hetero) is 2. The fourth-order valence-corrected chi connectivity index (χ4v) is 6.13. The van der Waals surface area contributed by atoms with Gasteiger partial charge in [-0.1, -0.05) is 12.1 Å². The van der Waals surface area contributed by atoms with Crippen LogP contribution in [0.1, 0.15) is 75.8 Å². The van der Waals surface area contributed by atoms with Crippen LogP contribution in [0, 0.1) is 0 Å². The summed E-state index contributed by atoms with van der Waals surface area (Å²) in [7, 11) is 1.30. The van der Waals surface area contributed by atoms with Gasteiger partial charge in [-0.05, 0) is 13.0 Å². The number of aliphatic hydroxyl groups excluding tert-OH is 2. The Kier molecular flexibility index (Phi) is 8.07. The second-order valence-corrected chi connectivity index (χ2v) is 11.1. The third-order valence-corrected chi connectivity index (χ3v) is 8.40. The number of nitrogens with one attached hydrogen (secondary N) is 1. The van der Waals surface area contributed by atoms with Crippen LogP contribution in [0.5, 0.6) is 17.2 Å². The fraction of sp³-hybridized carbons (Fsp3) is 0.433. The zero-order valence-electron chi connectivity index (χ0n) is 23.9. The first-order valence-electron chi connectivity index (χ1n) is 13.8. The number of carbonyl (C=O) groups excluding carboxylic acids is 5. The van der Waals surface area contributed by atoms with Crippen LogP contribution in [0.2, 0.25) is 0 Å². The lowest BCUT2D eigenvalue weighted by Gasteiger charge is -2.42. The molecule has 2 aromatic rings. The van der Waals surface area contributed by atoms with Crippen LogP contribution in [0.25, 0.3) is 0 Å². The molecule has 1 heterocycles. The maximum Gasteiger partial charge on any atom is 0.287 e. The van der Waals surface area contributed by atoms with Gasteiger partial charge in [0.2, 0.25) is 11.6 Å². The predicted octanol–water partition coefficient (Wildman–Crippen LogP) is -0.252. The molecule has 6 N–H and O–H groups in total. The number of benzene rings is 2. The number of carbonyl (C=O) groups is 5. The number of phenolic OH excluding ortho intramolecular Hbond substituents is 2. The van der Waals surface area contributed by atoms with Gasteiger partial charge in [-0.3, -0.25) is 24.0 Å². The molecule has 2 aliphatic carbocycles. The van der Waals surface area contributed by atoms with Gasteiger partial charge in [-0.2, -0.15) is 0 Å². The van der Waals surface area contributed by atoms with Crippen molar-refractivity contribution in [2.45, 2.75) is 69.4 Å². The van der Waals surface area contributed by atoms with Gasteiger partial charge in [0.05, 0.1) is 42.0 Å². The standard InChI is InChI=1S/C30H31NO13/c1-11(33)29(40)31-15-7-19(43-12(2)24(15)35)44-17-9-30(41,18(34)10-32)8-14-21(17)28(39)23-22(26(14)37)25(36)13-5-4-6-16(42-3)20(13)27(23)38/h4-6,12,15,17,19,24,32,35,37,39,41H,7-10H2,1-3H3,(H,31,40)/t12-,15-,17-,19-,24+,30-/m0/s1. The second kappa shape index (κ2) is 11.4. The molecule has 0 radical (unpaired) electrons. The van der Waals surface area contributed by atoms with Gasteiger partial charge >= 0.3 is 0 Å². The summed E-state index contributed by atoms with van der Waals surface area (Å²) in [6, 6.07) is 3.26. The lowest BCUT2D eigenvalue weighted by atomic mass is 9.72. The number of aromatic hydroxyl groups is 2. The number of fused-ring (bicyclic) bond motifs is 3. The first kappa shape index (κ1) is 31.2. The molecule has 14 nitrogen and oxygen atoms in total. The number of hydrogen-bond donors (Lipinski definition) is 6.